The van der Waals surface area contributed by atoms with Gasteiger partial charge in [0.05, 0.1) is 13.2 Å². The van der Waals surface area contributed by atoms with E-state index in [0.717, 1.165) is 50.5 Å². The number of hydrogen-bond donors (Lipinski definition) is 1. The van der Waals surface area contributed by atoms with Crippen LogP contribution >= 0.6 is 11.3 Å². The third-order valence-electron chi connectivity index (χ3n) is 5.35. The second-order valence-electron chi connectivity index (χ2n) is 6.87. The van der Waals surface area contributed by atoms with Gasteiger partial charge in [-0.1, -0.05) is 20.8 Å². The Balaban J connectivity index is 1.84. The zero-order valence-corrected chi connectivity index (χ0v) is 17.8. The lowest BCUT2D eigenvalue weighted by atomic mass is 9.92. The first-order chi connectivity index (χ1) is 13.2. The molecule has 27 heavy (non-hydrogen) atoms. The van der Waals surface area contributed by atoms with Gasteiger partial charge in [0.1, 0.15) is 6.61 Å². The van der Waals surface area contributed by atoms with Crippen molar-refractivity contribution in [2.24, 2.45) is 0 Å². The second kappa shape index (κ2) is 9.58. The molecule has 1 aromatic carbocycles. The van der Waals surface area contributed by atoms with Gasteiger partial charge in [0, 0.05) is 22.8 Å². The lowest BCUT2D eigenvalue weighted by molar-refractivity contribution is 0.217. The number of nitrogens with one attached hydrogen (secondary N) is 1. The van der Waals surface area contributed by atoms with Crippen molar-refractivity contribution < 1.29 is 9.47 Å². The summed E-state index contributed by atoms with van der Waals surface area (Å²) in [5.74, 6) is 1.69. The maximum Gasteiger partial charge on any atom is 0.161 e. The number of methoxy groups -OCH3 is 1. The largest absolute Gasteiger partial charge is 0.493 e. The highest BCUT2D eigenvalue weighted by atomic mass is 32.1. The summed E-state index contributed by atoms with van der Waals surface area (Å²) >= 11 is 1.91. The molecule has 0 bridgehead atoms. The molecule has 5 heteroatoms. The summed E-state index contributed by atoms with van der Waals surface area (Å²) in [5, 5.41) is 3.69. The Morgan fingerprint density at radius 3 is 2.63 bits per heavy atom. The Morgan fingerprint density at radius 1 is 1.15 bits per heavy atom. The van der Waals surface area contributed by atoms with E-state index >= 15 is 0 Å². The summed E-state index contributed by atoms with van der Waals surface area (Å²) in [4.78, 5) is 5.18. The molecule has 4 nitrogen and oxygen atoms in total. The molecule has 1 aliphatic rings. The molecule has 0 radical (unpaired) electrons. The van der Waals surface area contributed by atoms with E-state index in [0.29, 0.717) is 6.61 Å². The maximum atomic E-state index is 6.15. The number of thiophene rings is 1. The number of fused-ring (bicyclic) bond motifs is 1. The van der Waals surface area contributed by atoms with Gasteiger partial charge >= 0.3 is 0 Å². The van der Waals surface area contributed by atoms with Crippen LogP contribution in [0.25, 0.3) is 0 Å². The molecular formula is C22H32N2O2S. The van der Waals surface area contributed by atoms with Crippen LogP contribution in [0.4, 0.5) is 0 Å². The summed E-state index contributed by atoms with van der Waals surface area (Å²) in [6.07, 6.45) is 2.11. The zero-order valence-electron chi connectivity index (χ0n) is 17.0. The number of benzene rings is 1. The van der Waals surface area contributed by atoms with Crippen molar-refractivity contribution in [1.29, 1.82) is 0 Å². The molecule has 148 valence electrons. The molecule has 1 N–H and O–H groups in total. The molecule has 3 rings (SSSR count). The first kappa shape index (κ1) is 20.2. The first-order valence-electron chi connectivity index (χ1n) is 10.1. The third-order valence-corrected chi connectivity index (χ3v) is 6.65. The van der Waals surface area contributed by atoms with E-state index in [9.17, 15) is 0 Å². The predicted octanol–water partition coefficient (Wildman–Crippen LogP) is 4.27. The molecule has 0 spiro atoms. The van der Waals surface area contributed by atoms with Gasteiger partial charge in [-0.25, -0.2) is 0 Å². The van der Waals surface area contributed by atoms with E-state index in [2.05, 4.69) is 55.3 Å². The Labute approximate surface area is 167 Å². The summed E-state index contributed by atoms with van der Waals surface area (Å²) in [6, 6.07) is 9.13. The van der Waals surface area contributed by atoms with Crippen LogP contribution in [-0.4, -0.2) is 44.8 Å². The fraction of sp³-hybridized carbons (Fsp3) is 0.545. The molecule has 2 aromatic rings. The van der Waals surface area contributed by atoms with Crippen LogP contribution < -0.4 is 14.8 Å². The van der Waals surface area contributed by atoms with Crippen molar-refractivity contribution in [3.05, 3.63) is 45.1 Å². The van der Waals surface area contributed by atoms with Crippen LogP contribution in [0.15, 0.2) is 24.3 Å². The Hall–Kier alpha value is -1.56. The van der Waals surface area contributed by atoms with Gasteiger partial charge in [0.25, 0.3) is 0 Å². The highest BCUT2D eigenvalue weighted by Gasteiger charge is 2.25. The Bertz CT molecular complexity index is 740. The van der Waals surface area contributed by atoms with Crippen molar-refractivity contribution in [3.63, 3.8) is 0 Å². The highest BCUT2D eigenvalue weighted by Crippen LogP contribution is 2.39. The van der Waals surface area contributed by atoms with Gasteiger partial charge < -0.3 is 19.7 Å². The summed E-state index contributed by atoms with van der Waals surface area (Å²) in [7, 11) is 1.73. The normalized spacial score (nSPS) is 16.4. The molecule has 0 fully saturated rings. The minimum absolute atomic E-state index is 0.245. The lowest BCUT2D eigenvalue weighted by Crippen LogP contribution is -2.30. The second-order valence-corrected chi connectivity index (χ2v) is 8.07. The van der Waals surface area contributed by atoms with Crippen LogP contribution in [0.1, 0.15) is 47.7 Å². The quantitative estimate of drug-likeness (QED) is 0.695. The molecule has 0 saturated carbocycles. The standard InChI is InChI=1S/C22H32N2O2S/c1-5-17-8-9-21(27-17)22-18-15-20(26-13-12-24(6-2)7-3)19(25-4)14-16(18)10-11-23-22/h8-9,14-15,22-23H,5-7,10-13H2,1-4H3. The van der Waals surface area contributed by atoms with Crippen LogP contribution in [0.3, 0.4) is 0 Å². The molecule has 0 aliphatic carbocycles. The number of ether oxygens (including phenoxy) is 2. The molecular weight excluding hydrogens is 356 g/mol. The monoisotopic (exact) mass is 388 g/mol. The fourth-order valence-electron chi connectivity index (χ4n) is 3.65. The van der Waals surface area contributed by atoms with Crippen LogP contribution in [0.2, 0.25) is 0 Å². The molecule has 2 heterocycles. The van der Waals surface area contributed by atoms with Crippen molar-refractivity contribution in [3.8, 4) is 11.5 Å². The molecule has 0 amide bonds. The smallest absolute Gasteiger partial charge is 0.161 e. The third kappa shape index (κ3) is 4.65. The molecule has 1 aliphatic heterocycles. The average molecular weight is 389 g/mol. The van der Waals surface area contributed by atoms with Crippen molar-refractivity contribution >= 4 is 11.3 Å². The number of rotatable bonds is 9. The fourth-order valence-corrected chi connectivity index (χ4v) is 4.70. The average Bonchev–Trinajstić information content (AvgIpc) is 3.19. The van der Waals surface area contributed by atoms with Crippen LogP contribution in [0.5, 0.6) is 11.5 Å². The molecule has 0 saturated heterocycles. The first-order valence-corrected chi connectivity index (χ1v) is 10.9. The van der Waals surface area contributed by atoms with E-state index < -0.39 is 0 Å². The Morgan fingerprint density at radius 2 is 1.96 bits per heavy atom. The number of hydrogen-bond acceptors (Lipinski definition) is 5. The van der Waals surface area contributed by atoms with Crippen molar-refractivity contribution in [2.75, 3.05) is 39.9 Å². The minimum Gasteiger partial charge on any atom is -0.493 e. The van der Waals surface area contributed by atoms with E-state index in [-0.39, 0.29) is 6.04 Å². The van der Waals surface area contributed by atoms with Crippen LogP contribution in [-0.2, 0) is 12.8 Å². The SMILES string of the molecule is CCc1ccc(C2NCCc3cc(OC)c(OCCN(CC)CC)cc32)s1. The number of nitrogens with zero attached hydrogens (tertiary/aromatic N) is 1. The van der Waals surface area contributed by atoms with Gasteiger partial charge in [0.15, 0.2) is 11.5 Å². The van der Waals surface area contributed by atoms with Crippen LogP contribution in [0, 0.1) is 0 Å². The summed E-state index contributed by atoms with van der Waals surface area (Å²) in [5.41, 5.74) is 2.68. The van der Waals surface area contributed by atoms with E-state index in [1.165, 1.54) is 20.9 Å². The van der Waals surface area contributed by atoms with Crippen molar-refractivity contribution in [1.82, 2.24) is 10.2 Å². The van der Waals surface area contributed by atoms with E-state index in [4.69, 9.17) is 9.47 Å². The lowest BCUT2D eigenvalue weighted by Gasteiger charge is -2.28. The molecule has 1 atom stereocenters. The summed E-state index contributed by atoms with van der Waals surface area (Å²) < 4.78 is 11.8. The minimum atomic E-state index is 0.245. The molecule has 1 unspecified atom stereocenters. The molecule has 1 aromatic heterocycles. The van der Waals surface area contributed by atoms with Gasteiger partial charge in [-0.05, 0) is 61.3 Å². The van der Waals surface area contributed by atoms with E-state index in [1.807, 2.05) is 11.3 Å². The van der Waals surface area contributed by atoms with E-state index in [1.54, 1.807) is 7.11 Å². The van der Waals surface area contributed by atoms with Gasteiger partial charge in [0.2, 0.25) is 0 Å². The Kier molecular flexibility index (Phi) is 7.16. The van der Waals surface area contributed by atoms with Gasteiger partial charge in [-0.15, -0.1) is 11.3 Å². The number of aryl methyl sites for hydroxylation is 1. The maximum absolute atomic E-state index is 6.15. The summed E-state index contributed by atoms with van der Waals surface area (Å²) in [6.45, 7) is 11.3. The highest BCUT2D eigenvalue weighted by molar-refractivity contribution is 7.12. The topological polar surface area (TPSA) is 33.7 Å². The zero-order chi connectivity index (χ0) is 19.2. The van der Waals surface area contributed by atoms with Gasteiger partial charge in [-0.3, -0.25) is 0 Å². The van der Waals surface area contributed by atoms with Gasteiger partial charge in [-0.2, -0.15) is 0 Å². The number of likely N-dealkylation sites (N-methyl/N-ethyl adjacent to an activating group) is 1. The van der Waals surface area contributed by atoms with Crippen molar-refractivity contribution in [2.45, 2.75) is 39.7 Å². The predicted molar refractivity (Wildman–Crippen MR) is 114 cm³/mol.